The van der Waals surface area contributed by atoms with Crippen molar-refractivity contribution in [2.75, 3.05) is 12.0 Å². The fraction of sp³-hybridized carbons (Fsp3) is 0.182. The van der Waals surface area contributed by atoms with Crippen LogP contribution in [-0.2, 0) is 15.6 Å². The van der Waals surface area contributed by atoms with Gasteiger partial charge in [-0.05, 0) is 17.7 Å². The third-order valence-corrected chi connectivity index (χ3v) is 3.22. The fourth-order valence-corrected chi connectivity index (χ4v) is 2.43. The van der Waals surface area contributed by atoms with E-state index in [1.165, 1.54) is 24.3 Å². The predicted octanol–water partition coefficient (Wildman–Crippen LogP) is 1.34. The Kier molecular flexibility index (Phi) is 3.08. The Labute approximate surface area is 104 Å². The maximum atomic E-state index is 12.9. The van der Waals surface area contributed by atoms with Crippen molar-refractivity contribution in [1.82, 2.24) is 10.2 Å². The molecule has 7 heteroatoms. The van der Waals surface area contributed by atoms with Crippen LogP contribution in [0.5, 0.6) is 0 Å². The second-order valence-electron chi connectivity index (χ2n) is 4.04. The average Bonchev–Trinajstić information content (AvgIpc) is 2.59. The van der Waals surface area contributed by atoms with Gasteiger partial charge < -0.3 is 5.73 Å². The van der Waals surface area contributed by atoms with E-state index in [2.05, 4.69) is 10.2 Å². The van der Waals surface area contributed by atoms with Crippen molar-refractivity contribution in [3.05, 3.63) is 35.8 Å². The van der Waals surface area contributed by atoms with Gasteiger partial charge in [-0.15, -0.1) is 0 Å². The summed E-state index contributed by atoms with van der Waals surface area (Å²) in [6.45, 7) is 0. The molecule has 0 fully saturated rings. The molecule has 1 heterocycles. The molecule has 96 valence electrons. The molecule has 0 radical (unpaired) electrons. The van der Waals surface area contributed by atoms with Crippen LogP contribution in [0.25, 0.3) is 11.1 Å². The zero-order valence-electron chi connectivity index (χ0n) is 9.64. The Morgan fingerprint density at radius 2 is 1.94 bits per heavy atom. The summed E-state index contributed by atoms with van der Waals surface area (Å²) in [5.74, 6) is -0.366. The molecule has 0 aliphatic rings. The van der Waals surface area contributed by atoms with Crippen LogP contribution in [0, 0.1) is 5.82 Å². The number of nitrogens with zero attached hydrogens (tertiary/aromatic N) is 1. The molecule has 0 spiro atoms. The summed E-state index contributed by atoms with van der Waals surface area (Å²) in [5, 5.41) is 6.39. The third kappa shape index (κ3) is 2.67. The van der Waals surface area contributed by atoms with Gasteiger partial charge in [-0.2, -0.15) is 5.10 Å². The van der Waals surface area contributed by atoms with Crippen molar-refractivity contribution < 1.29 is 12.8 Å². The smallest absolute Gasteiger partial charge is 0.153 e. The minimum atomic E-state index is -3.20. The highest BCUT2D eigenvalue weighted by Gasteiger charge is 2.16. The highest BCUT2D eigenvalue weighted by Crippen LogP contribution is 2.28. The third-order valence-electron chi connectivity index (χ3n) is 2.41. The summed E-state index contributed by atoms with van der Waals surface area (Å²) >= 11 is 0. The van der Waals surface area contributed by atoms with Gasteiger partial charge in [-0.25, -0.2) is 12.8 Å². The number of anilines is 1. The number of rotatable bonds is 3. The lowest BCUT2D eigenvalue weighted by Gasteiger charge is -2.03. The first kappa shape index (κ1) is 12.6. The number of nitrogens with one attached hydrogen (secondary N) is 1. The number of hydrogen-bond acceptors (Lipinski definition) is 4. The second kappa shape index (κ2) is 4.41. The number of nitrogen functional groups attached to an aromatic ring is 1. The van der Waals surface area contributed by atoms with E-state index in [1.807, 2.05) is 0 Å². The Bertz CT molecular complexity index is 662. The van der Waals surface area contributed by atoms with E-state index in [4.69, 9.17) is 5.73 Å². The number of aromatic amines is 1. The summed E-state index contributed by atoms with van der Waals surface area (Å²) < 4.78 is 35.4. The molecule has 0 aliphatic heterocycles. The molecule has 18 heavy (non-hydrogen) atoms. The molecule has 2 aromatic rings. The number of benzene rings is 1. The van der Waals surface area contributed by atoms with Crippen LogP contribution in [0.2, 0.25) is 0 Å². The molecular weight excluding hydrogens is 257 g/mol. The summed E-state index contributed by atoms with van der Waals surface area (Å²) in [6, 6.07) is 5.63. The summed E-state index contributed by atoms with van der Waals surface area (Å²) in [7, 11) is -3.20. The van der Waals surface area contributed by atoms with Crippen molar-refractivity contribution in [2.45, 2.75) is 5.75 Å². The molecule has 0 atom stereocenters. The zero-order chi connectivity index (χ0) is 13.3. The SMILES string of the molecule is CS(=O)(=O)Cc1[nH]nc(N)c1-c1ccc(F)cc1. The number of aromatic nitrogens is 2. The summed E-state index contributed by atoms with van der Waals surface area (Å²) in [4.78, 5) is 0. The van der Waals surface area contributed by atoms with Gasteiger partial charge in [-0.3, -0.25) is 5.10 Å². The number of hydrogen-bond donors (Lipinski definition) is 2. The highest BCUT2D eigenvalue weighted by atomic mass is 32.2. The van der Waals surface area contributed by atoms with Gasteiger partial charge in [0.2, 0.25) is 0 Å². The van der Waals surface area contributed by atoms with Crippen LogP contribution in [0.1, 0.15) is 5.69 Å². The van der Waals surface area contributed by atoms with Crippen LogP contribution in [0.15, 0.2) is 24.3 Å². The van der Waals surface area contributed by atoms with Gasteiger partial charge in [0.15, 0.2) is 15.7 Å². The molecule has 0 aliphatic carbocycles. The number of sulfone groups is 1. The van der Waals surface area contributed by atoms with E-state index >= 15 is 0 Å². The van der Waals surface area contributed by atoms with Gasteiger partial charge in [0, 0.05) is 11.8 Å². The highest BCUT2D eigenvalue weighted by molar-refractivity contribution is 7.89. The fourth-order valence-electron chi connectivity index (χ4n) is 1.70. The van der Waals surface area contributed by atoms with Crippen LogP contribution in [-0.4, -0.2) is 24.9 Å². The maximum Gasteiger partial charge on any atom is 0.153 e. The molecule has 0 saturated carbocycles. The average molecular weight is 269 g/mol. The molecule has 5 nitrogen and oxygen atoms in total. The normalized spacial score (nSPS) is 11.7. The molecule has 0 saturated heterocycles. The molecule has 0 unspecified atom stereocenters. The van der Waals surface area contributed by atoms with Crippen molar-refractivity contribution in [2.24, 2.45) is 0 Å². The lowest BCUT2D eigenvalue weighted by molar-refractivity contribution is 0.600. The molecule has 3 N–H and O–H groups in total. The Balaban J connectivity index is 2.50. The topological polar surface area (TPSA) is 88.8 Å². The quantitative estimate of drug-likeness (QED) is 0.880. The van der Waals surface area contributed by atoms with E-state index in [0.717, 1.165) is 6.26 Å². The first-order chi connectivity index (χ1) is 8.37. The van der Waals surface area contributed by atoms with Crippen LogP contribution in [0.4, 0.5) is 10.2 Å². The van der Waals surface area contributed by atoms with E-state index in [-0.39, 0.29) is 17.4 Å². The van der Waals surface area contributed by atoms with Gasteiger partial charge in [-0.1, -0.05) is 12.1 Å². The zero-order valence-corrected chi connectivity index (χ0v) is 10.5. The van der Waals surface area contributed by atoms with Crippen molar-refractivity contribution in [3.8, 4) is 11.1 Å². The minimum absolute atomic E-state index is 0.191. The van der Waals surface area contributed by atoms with E-state index < -0.39 is 9.84 Å². The standard InChI is InChI=1S/C11H12FN3O2S/c1-18(16,17)6-9-10(11(13)15-14-9)7-2-4-8(12)5-3-7/h2-5H,6H2,1H3,(H3,13,14,15). The molecule has 1 aromatic carbocycles. The Morgan fingerprint density at radius 3 is 2.50 bits per heavy atom. The number of nitrogens with two attached hydrogens (primary N) is 1. The lowest BCUT2D eigenvalue weighted by atomic mass is 10.1. The molecule has 1 aromatic heterocycles. The van der Waals surface area contributed by atoms with Gasteiger partial charge in [0.05, 0.1) is 11.4 Å². The Morgan fingerprint density at radius 1 is 1.33 bits per heavy atom. The molecule has 0 bridgehead atoms. The Hall–Kier alpha value is -1.89. The first-order valence-electron chi connectivity index (χ1n) is 5.13. The van der Waals surface area contributed by atoms with Gasteiger partial charge >= 0.3 is 0 Å². The van der Waals surface area contributed by atoms with Crippen molar-refractivity contribution >= 4 is 15.7 Å². The van der Waals surface area contributed by atoms with Crippen LogP contribution >= 0.6 is 0 Å². The number of halogens is 1. The van der Waals surface area contributed by atoms with E-state index in [1.54, 1.807) is 0 Å². The lowest BCUT2D eigenvalue weighted by Crippen LogP contribution is -2.02. The summed E-state index contributed by atoms with van der Waals surface area (Å²) in [5.41, 5.74) is 7.23. The molecule has 2 rings (SSSR count). The van der Waals surface area contributed by atoms with Crippen molar-refractivity contribution in [1.29, 1.82) is 0 Å². The van der Waals surface area contributed by atoms with Crippen LogP contribution < -0.4 is 5.73 Å². The molecular formula is C11H12FN3O2S. The largest absolute Gasteiger partial charge is 0.382 e. The summed E-state index contributed by atoms with van der Waals surface area (Å²) in [6.07, 6.45) is 1.12. The first-order valence-corrected chi connectivity index (χ1v) is 7.19. The number of H-pyrrole nitrogens is 1. The van der Waals surface area contributed by atoms with E-state index in [0.29, 0.717) is 16.8 Å². The van der Waals surface area contributed by atoms with Crippen LogP contribution in [0.3, 0.4) is 0 Å². The van der Waals surface area contributed by atoms with E-state index in [9.17, 15) is 12.8 Å². The predicted molar refractivity (Wildman–Crippen MR) is 66.9 cm³/mol. The minimum Gasteiger partial charge on any atom is -0.382 e. The van der Waals surface area contributed by atoms with Crippen molar-refractivity contribution in [3.63, 3.8) is 0 Å². The monoisotopic (exact) mass is 269 g/mol. The molecule has 0 amide bonds. The van der Waals surface area contributed by atoms with Gasteiger partial charge in [0.25, 0.3) is 0 Å². The maximum absolute atomic E-state index is 12.9. The second-order valence-corrected chi connectivity index (χ2v) is 6.18. The van der Waals surface area contributed by atoms with Gasteiger partial charge in [0.1, 0.15) is 5.82 Å².